The topological polar surface area (TPSA) is 76.8 Å². The number of nitrogens with one attached hydrogen (secondary N) is 1. The van der Waals surface area contributed by atoms with Crippen LogP contribution in [0.3, 0.4) is 0 Å². The summed E-state index contributed by atoms with van der Waals surface area (Å²) in [5, 5.41) is 3.52. The van der Waals surface area contributed by atoms with E-state index in [-0.39, 0.29) is 37.1 Å². The van der Waals surface area contributed by atoms with Gasteiger partial charge >= 0.3 is 0 Å². The third-order valence-electron chi connectivity index (χ3n) is 6.04. The molecule has 2 fully saturated rings. The molecule has 3 rings (SSSR count). The van der Waals surface area contributed by atoms with Crippen LogP contribution in [0.15, 0.2) is 12.1 Å². The summed E-state index contributed by atoms with van der Waals surface area (Å²) >= 11 is 6.19. The van der Waals surface area contributed by atoms with Crippen molar-refractivity contribution in [2.75, 3.05) is 26.0 Å². The summed E-state index contributed by atoms with van der Waals surface area (Å²) in [6.07, 6.45) is 5.07. The van der Waals surface area contributed by atoms with Crippen LogP contribution in [0.2, 0.25) is 5.02 Å². The summed E-state index contributed by atoms with van der Waals surface area (Å²) in [4.78, 5) is 15.5. The number of anilines is 1. The molecule has 0 aromatic heterocycles. The molecule has 2 aliphatic rings. The van der Waals surface area contributed by atoms with E-state index < -0.39 is 0 Å². The number of hydrogen-bond acceptors (Lipinski definition) is 5. The van der Waals surface area contributed by atoms with Gasteiger partial charge in [0, 0.05) is 37.2 Å². The zero-order valence-corrected chi connectivity index (χ0v) is 20.0. The molecule has 1 aromatic rings. The molecule has 0 spiro atoms. The molecule has 1 amide bonds. The Hall–Kier alpha value is -1.65. The highest BCUT2D eigenvalue weighted by Gasteiger charge is 2.39. The summed E-state index contributed by atoms with van der Waals surface area (Å²) < 4.78 is 11.2. The van der Waals surface area contributed by atoms with E-state index in [2.05, 4.69) is 29.1 Å². The van der Waals surface area contributed by atoms with E-state index in [1.807, 2.05) is 13.8 Å². The van der Waals surface area contributed by atoms with Gasteiger partial charge in [-0.25, -0.2) is 0 Å². The number of halogens is 2. The predicted molar refractivity (Wildman–Crippen MR) is 127 cm³/mol. The summed E-state index contributed by atoms with van der Waals surface area (Å²) in [7, 11) is 2.18. The largest absolute Gasteiger partial charge is 0.480 e. The van der Waals surface area contributed by atoms with Gasteiger partial charge in [0.1, 0.15) is 12.4 Å². The monoisotopic (exact) mass is 469 g/mol. The van der Waals surface area contributed by atoms with E-state index in [9.17, 15) is 4.79 Å². The lowest BCUT2D eigenvalue weighted by molar-refractivity contribution is 0.0802. The van der Waals surface area contributed by atoms with Crippen LogP contribution in [0.5, 0.6) is 5.75 Å². The van der Waals surface area contributed by atoms with Gasteiger partial charge in [-0.1, -0.05) is 23.4 Å². The number of piperidine rings is 1. The maximum absolute atomic E-state index is 13.0. The third-order valence-corrected chi connectivity index (χ3v) is 6.37. The minimum Gasteiger partial charge on any atom is -0.480 e. The number of ether oxygens (including phenoxy) is 2. The maximum Gasteiger partial charge on any atom is 0.255 e. The Kier molecular flexibility index (Phi) is 9.77. The number of nitrogen functional groups attached to an aromatic ring is 1. The number of hydrogen-bond donors (Lipinski definition) is 2. The fraction of sp³-hybridized carbons (Fsp3) is 0.609. The number of nitrogens with two attached hydrogens (primary N) is 1. The third kappa shape index (κ3) is 6.66. The number of rotatable bonds is 7. The second kappa shape index (κ2) is 11.8. The molecule has 3 atom stereocenters. The average Bonchev–Trinajstić information content (AvgIpc) is 2.90. The van der Waals surface area contributed by atoms with E-state index >= 15 is 0 Å². The Balaban J connectivity index is 0.00000341. The van der Waals surface area contributed by atoms with E-state index in [1.165, 1.54) is 12.8 Å². The SMILES string of the molecule is CCOC(C)CC#CCOc1cc(N)c(Cl)cc1C(=O)NC1CC2CCC(C1)N2C.Cl. The van der Waals surface area contributed by atoms with Gasteiger partial charge in [-0.05, 0) is 52.6 Å². The smallest absolute Gasteiger partial charge is 0.255 e. The standard InChI is InChI=1S/C23H32ClN3O3.ClH/c1-4-29-15(2)7-5-6-10-30-22-14-21(25)20(24)13-19(22)23(28)26-16-11-17-8-9-18(12-16)27(17)3;/h13-18H,4,7-12,25H2,1-3H3,(H,26,28);1H. The summed E-state index contributed by atoms with van der Waals surface area (Å²) in [5.41, 5.74) is 6.70. The predicted octanol–water partition coefficient (Wildman–Crippen LogP) is 3.90. The van der Waals surface area contributed by atoms with Gasteiger partial charge in [-0.2, -0.15) is 0 Å². The van der Waals surface area contributed by atoms with Crippen LogP contribution in [-0.2, 0) is 4.74 Å². The first-order valence-electron chi connectivity index (χ1n) is 10.7. The van der Waals surface area contributed by atoms with Crippen LogP contribution in [0.25, 0.3) is 0 Å². The second-order valence-electron chi connectivity index (χ2n) is 8.17. The molecular weight excluding hydrogens is 437 g/mol. The van der Waals surface area contributed by atoms with Gasteiger partial charge in [0.25, 0.3) is 5.91 Å². The lowest BCUT2D eigenvalue weighted by atomic mass is 9.97. The lowest BCUT2D eigenvalue weighted by Gasteiger charge is -2.36. The Labute approximate surface area is 196 Å². The van der Waals surface area contributed by atoms with Crippen molar-refractivity contribution in [3.05, 3.63) is 22.7 Å². The Morgan fingerprint density at radius 2 is 2.00 bits per heavy atom. The van der Waals surface area contributed by atoms with Gasteiger partial charge in [-0.3, -0.25) is 4.79 Å². The van der Waals surface area contributed by atoms with E-state index in [0.29, 0.717) is 47.1 Å². The number of carbonyl (C=O) groups is 1. The van der Waals surface area contributed by atoms with Crippen LogP contribution in [0, 0.1) is 11.8 Å². The molecule has 2 bridgehead atoms. The average molecular weight is 470 g/mol. The van der Waals surface area contributed by atoms with Gasteiger partial charge in [-0.15, -0.1) is 12.4 Å². The highest BCUT2D eigenvalue weighted by molar-refractivity contribution is 6.33. The molecule has 0 saturated carbocycles. The second-order valence-corrected chi connectivity index (χ2v) is 8.58. The number of nitrogens with zero attached hydrogens (tertiary/aromatic N) is 1. The minimum absolute atomic E-state index is 0. The fourth-order valence-electron chi connectivity index (χ4n) is 4.38. The lowest BCUT2D eigenvalue weighted by Crippen LogP contribution is -2.48. The van der Waals surface area contributed by atoms with Crippen LogP contribution in [-0.4, -0.2) is 55.3 Å². The van der Waals surface area contributed by atoms with Crippen molar-refractivity contribution in [1.29, 1.82) is 0 Å². The summed E-state index contributed by atoms with van der Waals surface area (Å²) in [6.45, 7) is 4.77. The molecule has 3 unspecified atom stereocenters. The first-order chi connectivity index (χ1) is 14.4. The molecule has 172 valence electrons. The molecule has 2 aliphatic heterocycles. The highest BCUT2D eigenvalue weighted by Crippen LogP contribution is 2.35. The first kappa shape index (κ1) is 25.6. The molecule has 0 radical (unpaired) electrons. The Morgan fingerprint density at radius 3 is 2.65 bits per heavy atom. The molecule has 8 heteroatoms. The molecule has 0 aliphatic carbocycles. The van der Waals surface area contributed by atoms with Gasteiger partial charge in [0.15, 0.2) is 0 Å². The Bertz CT molecular complexity index is 810. The molecule has 6 nitrogen and oxygen atoms in total. The van der Waals surface area contributed by atoms with E-state index in [1.54, 1.807) is 12.1 Å². The molecular formula is C23H33Cl2N3O3. The van der Waals surface area contributed by atoms with Crippen LogP contribution in [0.1, 0.15) is 56.3 Å². The number of amides is 1. The number of benzene rings is 1. The quantitative estimate of drug-likeness (QED) is 0.467. The van der Waals surface area contributed by atoms with Gasteiger partial charge in [0.05, 0.1) is 22.4 Å². The maximum atomic E-state index is 13.0. The van der Waals surface area contributed by atoms with Crippen molar-refractivity contribution < 1.29 is 14.3 Å². The van der Waals surface area contributed by atoms with Crippen molar-refractivity contribution in [1.82, 2.24) is 10.2 Å². The first-order valence-corrected chi connectivity index (χ1v) is 11.1. The molecule has 3 N–H and O–H groups in total. The van der Waals surface area contributed by atoms with Crippen LogP contribution < -0.4 is 15.8 Å². The zero-order chi connectivity index (χ0) is 21.7. The molecule has 2 saturated heterocycles. The van der Waals surface area contributed by atoms with Crippen molar-refractivity contribution >= 4 is 35.6 Å². The zero-order valence-electron chi connectivity index (χ0n) is 18.4. The normalized spacial score (nSPS) is 23.3. The molecule has 2 heterocycles. The van der Waals surface area contributed by atoms with E-state index in [4.69, 9.17) is 26.8 Å². The molecule has 31 heavy (non-hydrogen) atoms. The van der Waals surface area contributed by atoms with Crippen molar-refractivity contribution in [2.24, 2.45) is 0 Å². The summed E-state index contributed by atoms with van der Waals surface area (Å²) in [5.74, 6) is 6.22. The van der Waals surface area contributed by atoms with Gasteiger partial charge < -0.3 is 25.4 Å². The minimum atomic E-state index is -0.182. The molecule has 1 aromatic carbocycles. The van der Waals surface area contributed by atoms with Crippen LogP contribution >= 0.6 is 24.0 Å². The number of carbonyl (C=O) groups excluding carboxylic acids is 1. The van der Waals surface area contributed by atoms with Crippen molar-refractivity contribution in [3.63, 3.8) is 0 Å². The van der Waals surface area contributed by atoms with Crippen molar-refractivity contribution in [2.45, 2.75) is 70.2 Å². The fourth-order valence-corrected chi connectivity index (χ4v) is 4.55. The Morgan fingerprint density at radius 1 is 1.32 bits per heavy atom. The van der Waals surface area contributed by atoms with Gasteiger partial charge in [0.2, 0.25) is 0 Å². The van der Waals surface area contributed by atoms with E-state index in [0.717, 1.165) is 12.8 Å². The van der Waals surface area contributed by atoms with Crippen LogP contribution in [0.4, 0.5) is 5.69 Å². The van der Waals surface area contributed by atoms with Crippen molar-refractivity contribution in [3.8, 4) is 17.6 Å². The highest BCUT2D eigenvalue weighted by atomic mass is 35.5. The summed E-state index contributed by atoms with van der Waals surface area (Å²) in [6, 6.07) is 4.44. The number of fused-ring (bicyclic) bond motifs is 2.